The number of halogens is 1. The molecule has 5 heteroatoms. The minimum Gasteiger partial charge on any atom is -0.497 e. The number of benzene rings is 2. The van der Waals surface area contributed by atoms with Gasteiger partial charge >= 0.3 is 0 Å². The minimum atomic E-state index is -0.617. The Balaban J connectivity index is 1.93. The van der Waals surface area contributed by atoms with E-state index in [-0.39, 0.29) is 5.91 Å². The molecule has 2 aromatic rings. The minimum absolute atomic E-state index is 0.227. The molecular formula is C16H16ClNO3. The zero-order valence-corrected chi connectivity index (χ0v) is 12.6. The first-order valence-corrected chi connectivity index (χ1v) is 6.83. The molecule has 110 valence electrons. The van der Waals surface area contributed by atoms with E-state index in [0.717, 1.165) is 5.75 Å². The van der Waals surface area contributed by atoms with E-state index in [4.69, 9.17) is 21.1 Å². The Morgan fingerprint density at radius 2 is 1.62 bits per heavy atom. The van der Waals surface area contributed by atoms with Crippen molar-refractivity contribution < 1.29 is 14.3 Å². The van der Waals surface area contributed by atoms with Gasteiger partial charge in [0, 0.05) is 10.7 Å². The summed E-state index contributed by atoms with van der Waals surface area (Å²) >= 11 is 5.80. The van der Waals surface area contributed by atoms with Crippen LogP contribution in [0.5, 0.6) is 11.5 Å². The van der Waals surface area contributed by atoms with E-state index in [0.29, 0.717) is 16.5 Å². The third kappa shape index (κ3) is 4.39. The molecule has 0 aliphatic carbocycles. The second-order valence-corrected chi connectivity index (χ2v) is 4.87. The summed E-state index contributed by atoms with van der Waals surface area (Å²) in [5.74, 6) is 1.10. The number of anilines is 1. The highest BCUT2D eigenvalue weighted by molar-refractivity contribution is 6.30. The van der Waals surface area contributed by atoms with Crippen LogP contribution in [0.4, 0.5) is 5.69 Å². The fraction of sp³-hybridized carbons (Fsp3) is 0.188. The standard InChI is InChI=1S/C16H16ClNO3/c1-11(21-15-7-3-12(17)4-8-15)16(19)18-13-5-9-14(20-2)10-6-13/h3-11H,1-2H3,(H,18,19)/t11-/m1/s1. The number of nitrogens with one attached hydrogen (secondary N) is 1. The van der Waals surface area contributed by atoms with Crippen LogP contribution in [0.3, 0.4) is 0 Å². The van der Waals surface area contributed by atoms with Crippen molar-refractivity contribution in [3.8, 4) is 11.5 Å². The average molecular weight is 306 g/mol. The zero-order valence-electron chi connectivity index (χ0n) is 11.8. The molecule has 0 saturated carbocycles. The molecule has 0 spiro atoms. The molecule has 2 rings (SSSR count). The predicted molar refractivity (Wildman–Crippen MR) is 83.2 cm³/mol. The first-order chi connectivity index (χ1) is 10.1. The Morgan fingerprint density at radius 3 is 2.19 bits per heavy atom. The average Bonchev–Trinajstić information content (AvgIpc) is 2.50. The second kappa shape index (κ2) is 6.99. The normalized spacial score (nSPS) is 11.6. The SMILES string of the molecule is COc1ccc(NC(=O)[C@@H](C)Oc2ccc(Cl)cc2)cc1. The van der Waals surface area contributed by atoms with Gasteiger partial charge in [0.15, 0.2) is 6.10 Å². The number of amides is 1. The number of carbonyl (C=O) groups is 1. The van der Waals surface area contributed by atoms with Gasteiger partial charge in [-0.05, 0) is 55.5 Å². The van der Waals surface area contributed by atoms with Crippen molar-refractivity contribution in [1.82, 2.24) is 0 Å². The first kappa shape index (κ1) is 15.2. The Bertz CT molecular complexity index is 596. The van der Waals surface area contributed by atoms with Crippen molar-refractivity contribution in [2.24, 2.45) is 0 Å². The summed E-state index contributed by atoms with van der Waals surface area (Å²) in [5, 5.41) is 3.40. The molecule has 0 bridgehead atoms. The van der Waals surface area contributed by atoms with Gasteiger partial charge in [0.05, 0.1) is 7.11 Å². The molecule has 1 atom stereocenters. The molecular weight excluding hydrogens is 290 g/mol. The molecule has 0 radical (unpaired) electrons. The van der Waals surface area contributed by atoms with Gasteiger partial charge in [-0.1, -0.05) is 11.6 Å². The summed E-state index contributed by atoms with van der Waals surface area (Å²) in [5.41, 5.74) is 0.687. The lowest BCUT2D eigenvalue weighted by Gasteiger charge is -2.15. The van der Waals surface area contributed by atoms with E-state index >= 15 is 0 Å². The Kier molecular flexibility index (Phi) is 5.06. The summed E-state index contributed by atoms with van der Waals surface area (Å²) in [6.45, 7) is 1.69. The molecule has 0 aliphatic heterocycles. The summed E-state index contributed by atoms with van der Waals surface area (Å²) in [4.78, 5) is 12.0. The summed E-state index contributed by atoms with van der Waals surface area (Å²) < 4.78 is 10.6. The van der Waals surface area contributed by atoms with Crippen molar-refractivity contribution in [1.29, 1.82) is 0 Å². The van der Waals surface area contributed by atoms with Crippen molar-refractivity contribution >= 4 is 23.2 Å². The maximum Gasteiger partial charge on any atom is 0.265 e. The number of hydrogen-bond donors (Lipinski definition) is 1. The topological polar surface area (TPSA) is 47.6 Å². The molecule has 1 N–H and O–H groups in total. The zero-order chi connectivity index (χ0) is 15.2. The number of carbonyl (C=O) groups excluding carboxylic acids is 1. The van der Waals surface area contributed by atoms with E-state index in [1.807, 2.05) is 0 Å². The molecule has 2 aromatic carbocycles. The molecule has 21 heavy (non-hydrogen) atoms. The van der Waals surface area contributed by atoms with Crippen LogP contribution < -0.4 is 14.8 Å². The quantitative estimate of drug-likeness (QED) is 0.915. The molecule has 0 aliphatic rings. The van der Waals surface area contributed by atoms with Crippen molar-refractivity contribution in [3.05, 3.63) is 53.6 Å². The predicted octanol–water partition coefficient (Wildman–Crippen LogP) is 3.75. The lowest BCUT2D eigenvalue weighted by atomic mass is 10.2. The molecule has 0 fully saturated rings. The van der Waals surface area contributed by atoms with Crippen LogP contribution in [0, 0.1) is 0 Å². The molecule has 0 unspecified atom stereocenters. The number of ether oxygens (including phenoxy) is 2. The number of methoxy groups -OCH3 is 1. The maximum atomic E-state index is 12.0. The van der Waals surface area contributed by atoms with Crippen LogP contribution in [0.25, 0.3) is 0 Å². The van der Waals surface area contributed by atoms with Gasteiger partial charge in [0.1, 0.15) is 11.5 Å². The largest absolute Gasteiger partial charge is 0.497 e. The highest BCUT2D eigenvalue weighted by atomic mass is 35.5. The highest BCUT2D eigenvalue weighted by Gasteiger charge is 2.14. The van der Waals surface area contributed by atoms with E-state index < -0.39 is 6.10 Å². The summed E-state index contributed by atoms with van der Waals surface area (Å²) in [7, 11) is 1.59. The fourth-order valence-electron chi connectivity index (χ4n) is 1.69. The van der Waals surface area contributed by atoms with E-state index in [2.05, 4.69) is 5.32 Å². The van der Waals surface area contributed by atoms with Crippen LogP contribution in [-0.2, 0) is 4.79 Å². The highest BCUT2D eigenvalue weighted by Crippen LogP contribution is 2.18. The lowest BCUT2D eigenvalue weighted by Crippen LogP contribution is -2.30. The second-order valence-electron chi connectivity index (χ2n) is 4.43. The number of hydrogen-bond acceptors (Lipinski definition) is 3. The Morgan fingerprint density at radius 1 is 1.05 bits per heavy atom. The molecule has 0 heterocycles. The van der Waals surface area contributed by atoms with Gasteiger partial charge in [-0.25, -0.2) is 0 Å². The Hall–Kier alpha value is -2.20. The van der Waals surface area contributed by atoms with Crippen molar-refractivity contribution in [3.63, 3.8) is 0 Å². The summed E-state index contributed by atoms with van der Waals surface area (Å²) in [6, 6.07) is 14.0. The van der Waals surface area contributed by atoms with Gasteiger partial charge in [-0.2, -0.15) is 0 Å². The van der Waals surface area contributed by atoms with Crippen LogP contribution >= 0.6 is 11.6 Å². The van der Waals surface area contributed by atoms with Gasteiger partial charge < -0.3 is 14.8 Å². The number of rotatable bonds is 5. The Labute approximate surface area is 128 Å². The van der Waals surface area contributed by atoms with Gasteiger partial charge in [0.25, 0.3) is 5.91 Å². The molecule has 0 aromatic heterocycles. The monoisotopic (exact) mass is 305 g/mol. The summed E-state index contributed by atoms with van der Waals surface area (Å²) in [6.07, 6.45) is -0.617. The van der Waals surface area contributed by atoms with Gasteiger partial charge in [-0.3, -0.25) is 4.79 Å². The van der Waals surface area contributed by atoms with E-state index in [1.54, 1.807) is 62.6 Å². The third-order valence-corrected chi connectivity index (χ3v) is 3.11. The maximum absolute atomic E-state index is 12.0. The van der Waals surface area contributed by atoms with Crippen LogP contribution in [0.2, 0.25) is 5.02 Å². The van der Waals surface area contributed by atoms with Gasteiger partial charge in [-0.15, -0.1) is 0 Å². The van der Waals surface area contributed by atoms with Crippen molar-refractivity contribution in [2.45, 2.75) is 13.0 Å². The first-order valence-electron chi connectivity index (χ1n) is 6.45. The fourth-order valence-corrected chi connectivity index (χ4v) is 1.82. The van der Waals surface area contributed by atoms with Crippen LogP contribution in [0.15, 0.2) is 48.5 Å². The van der Waals surface area contributed by atoms with E-state index in [9.17, 15) is 4.79 Å². The third-order valence-electron chi connectivity index (χ3n) is 2.85. The van der Waals surface area contributed by atoms with Gasteiger partial charge in [0.2, 0.25) is 0 Å². The molecule has 0 saturated heterocycles. The molecule has 1 amide bonds. The van der Waals surface area contributed by atoms with Crippen molar-refractivity contribution in [2.75, 3.05) is 12.4 Å². The molecule has 4 nitrogen and oxygen atoms in total. The van der Waals surface area contributed by atoms with Crippen LogP contribution in [0.1, 0.15) is 6.92 Å². The smallest absolute Gasteiger partial charge is 0.265 e. The van der Waals surface area contributed by atoms with Crippen LogP contribution in [-0.4, -0.2) is 19.1 Å². The lowest BCUT2D eigenvalue weighted by molar-refractivity contribution is -0.122. The van der Waals surface area contributed by atoms with E-state index in [1.165, 1.54) is 0 Å².